The first-order valence-electron chi connectivity index (χ1n) is 8.62. The third-order valence-corrected chi connectivity index (χ3v) is 5.29. The second-order valence-electron chi connectivity index (χ2n) is 6.69. The molecule has 1 saturated heterocycles. The van der Waals surface area contributed by atoms with Gasteiger partial charge in [0.1, 0.15) is 0 Å². The summed E-state index contributed by atoms with van der Waals surface area (Å²) in [5.41, 5.74) is 1.06. The average Bonchev–Trinajstić information content (AvgIpc) is 3.30. The van der Waals surface area contributed by atoms with E-state index in [4.69, 9.17) is 4.74 Å². The van der Waals surface area contributed by atoms with Crippen molar-refractivity contribution in [1.29, 1.82) is 0 Å². The van der Waals surface area contributed by atoms with E-state index < -0.39 is 0 Å². The lowest BCUT2D eigenvalue weighted by atomic mass is 10.1. The number of rotatable bonds is 5. The highest BCUT2D eigenvalue weighted by molar-refractivity contribution is 5.29. The lowest BCUT2D eigenvalue weighted by molar-refractivity contribution is 0.0979. The summed E-state index contributed by atoms with van der Waals surface area (Å²) < 4.78 is 7.50. The molecule has 124 valence electrons. The molecule has 1 saturated carbocycles. The highest BCUT2D eigenvalue weighted by Crippen LogP contribution is 2.28. The van der Waals surface area contributed by atoms with Crippen LogP contribution in [-0.2, 0) is 11.3 Å². The number of methoxy groups -OCH3 is 1. The Morgan fingerprint density at radius 2 is 2.30 bits per heavy atom. The van der Waals surface area contributed by atoms with Crippen molar-refractivity contribution < 1.29 is 4.74 Å². The van der Waals surface area contributed by atoms with Gasteiger partial charge in [-0.2, -0.15) is 0 Å². The molecule has 0 aromatic carbocycles. The van der Waals surface area contributed by atoms with Gasteiger partial charge in [0.05, 0.1) is 11.8 Å². The van der Waals surface area contributed by atoms with E-state index in [9.17, 15) is 0 Å². The number of hydrogen-bond acceptors (Lipinski definition) is 5. The van der Waals surface area contributed by atoms with Crippen LogP contribution in [0.4, 0.5) is 0 Å². The SMILES string of the molecule is COC1CCN([C@H]2CCC[C@H]2NCc2cn3cccnc3n2)C1. The van der Waals surface area contributed by atoms with E-state index in [1.165, 1.54) is 25.8 Å². The quantitative estimate of drug-likeness (QED) is 0.905. The number of imidazole rings is 1. The zero-order valence-corrected chi connectivity index (χ0v) is 13.7. The molecule has 6 heteroatoms. The molecular weight excluding hydrogens is 290 g/mol. The zero-order chi connectivity index (χ0) is 15.6. The summed E-state index contributed by atoms with van der Waals surface area (Å²) in [7, 11) is 1.83. The van der Waals surface area contributed by atoms with E-state index in [1.807, 2.05) is 23.8 Å². The molecule has 1 N–H and O–H groups in total. The standard InChI is InChI=1S/C17H25N5O/c1-23-14-6-9-21(12-14)16-5-2-4-15(16)19-10-13-11-22-8-3-7-18-17(22)20-13/h3,7-8,11,14-16,19H,2,4-6,9-10,12H2,1H3/t14?,15-,16+/m1/s1. The fraction of sp³-hybridized carbons (Fsp3) is 0.647. The summed E-state index contributed by atoms with van der Waals surface area (Å²) in [6.07, 6.45) is 11.3. The number of nitrogens with one attached hydrogen (secondary N) is 1. The van der Waals surface area contributed by atoms with Gasteiger partial charge in [0, 0.05) is 57.4 Å². The first-order chi connectivity index (χ1) is 11.3. The minimum atomic E-state index is 0.417. The Kier molecular flexibility index (Phi) is 4.29. The second-order valence-corrected chi connectivity index (χ2v) is 6.69. The normalized spacial score (nSPS) is 28.8. The van der Waals surface area contributed by atoms with Crippen LogP contribution in [0.5, 0.6) is 0 Å². The summed E-state index contributed by atoms with van der Waals surface area (Å²) in [6, 6.07) is 3.13. The average molecular weight is 315 g/mol. The molecule has 0 amide bonds. The number of aromatic nitrogens is 3. The van der Waals surface area contributed by atoms with Crippen molar-refractivity contribution in [3.8, 4) is 0 Å². The van der Waals surface area contributed by atoms with E-state index >= 15 is 0 Å². The number of ether oxygens (including phenoxy) is 1. The molecule has 3 heterocycles. The molecule has 2 aromatic rings. The van der Waals surface area contributed by atoms with Crippen molar-refractivity contribution in [2.75, 3.05) is 20.2 Å². The minimum absolute atomic E-state index is 0.417. The Labute approximate surface area is 136 Å². The van der Waals surface area contributed by atoms with Crippen molar-refractivity contribution >= 4 is 5.78 Å². The monoisotopic (exact) mass is 315 g/mol. The first kappa shape index (κ1) is 15.1. The van der Waals surface area contributed by atoms with E-state index in [-0.39, 0.29) is 0 Å². The highest BCUT2D eigenvalue weighted by Gasteiger charge is 2.35. The van der Waals surface area contributed by atoms with Gasteiger partial charge in [-0.25, -0.2) is 9.97 Å². The van der Waals surface area contributed by atoms with Gasteiger partial charge in [-0.3, -0.25) is 9.30 Å². The van der Waals surface area contributed by atoms with Crippen LogP contribution in [0.15, 0.2) is 24.7 Å². The maximum absolute atomic E-state index is 5.52. The van der Waals surface area contributed by atoms with Crippen LogP contribution >= 0.6 is 0 Å². The minimum Gasteiger partial charge on any atom is -0.380 e. The third kappa shape index (κ3) is 3.11. The molecule has 2 aromatic heterocycles. The maximum atomic E-state index is 5.52. The van der Waals surface area contributed by atoms with Gasteiger partial charge in [-0.15, -0.1) is 0 Å². The summed E-state index contributed by atoms with van der Waals surface area (Å²) in [5, 5.41) is 3.73. The number of hydrogen-bond donors (Lipinski definition) is 1. The number of nitrogens with zero attached hydrogens (tertiary/aromatic N) is 4. The largest absolute Gasteiger partial charge is 0.380 e. The van der Waals surface area contributed by atoms with Gasteiger partial charge in [0.2, 0.25) is 5.78 Å². The molecule has 3 atom stereocenters. The maximum Gasteiger partial charge on any atom is 0.233 e. The first-order valence-corrected chi connectivity index (χ1v) is 8.62. The van der Waals surface area contributed by atoms with Crippen LogP contribution in [0, 0.1) is 0 Å². The molecule has 0 radical (unpaired) electrons. The van der Waals surface area contributed by atoms with E-state index in [2.05, 4.69) is 26.4 Å². The van der Waals surface area contributed by atoms with Crippen LogP contribution in [0.1, 0.15) is 31.4 Å². The van der Waals surface area contributed by atoms with Crippen molar-refractivity contribution in [2.45, 2.75) is 50.4 Å². The predicted octanol–water partition coefficient (Wildman–Crippen LogP) is 1.46. The molecular formula is C17H25N5O. The Balaban J connectivity index is 1.38. The van der Waals surface area contributed by atoms with Gasteiger partial charge in [-0.1, -0.05) is 6.42 Å². The Hall–Kier alpha value is -1.50. The number of likely N-dealkylation sites (tertiary alicyclic amines) is 1. The zero-order valence-electron chi connectivity index (χ0n) is 13.7. The molecule has 6 nitrogen and oxygen atoms in total. The van der Waals surface area contributed by atoms with Crippen molar-refractivity contribution in [3.63, 3.8) is 0 Å². The van der Waals surface area contributed by atoms with Crippen LogP contribution in [0.2, 0.25) is 0 Å². The van der Waals surface area contributed by atoms with E-state index in [0.717, 1.165) is 31.0 Å². The molecule has 1 unspecified atom stereocenters. The fourth-order valence-electron chi connectivity index (χ4n) is 4.06. The number of fused-ring (bicyclic) bond motifs is 1. The molecule has 2 fully saturated rings. The van der Waals surface area contributed by atoms with Crippen LogP contribution in [0.25, 0.3) is 5.78 Å². The van der Waals surface area contributed by atoms with Gasteiger partial charge in [-0.05, 0) is 25.3 Å². The van der Waals surface area contributed by atoms with Gasteiger partial charge in [0.15, 0.2) is 0 Å². The van der Waals surface area contributed by atoms with E-state index in [1.54, 1.807) is 6.20 Å². The van der Waals surface area contributed by atoms with Gasteiger partial charge >= 0.3 is 0 Å². The molecule has 0 bridgehead atoms. The Morgan fingerprint density at radius 1 is 1.35 bits per heavy atom. The topological polar surface area (TPSA) is 54.7 Å². The predicted molar refractivity (Wildman–Crippen MR) is 88.2 cm³/mol. The smallest absolute Gasteiger partial charge is 0.233 e. The Morgan fingerprint density at radius 3 is 3.13 bits per heavy atom. The molecule has 23 heavy (non-hydrogen) atoms. The molecule has 2 aliphatic rings. The highest BCUT2D eigenvalue weighted by atomic mass is 16.5. The lowest BCUT2D eigenvalue weighted by Gasteiger charge is -2.30. The fourth-order valence-corrected chi connectivity index (χ4v) is 4.06. The molecule has 0 spiro atoms. The van der Waals surface area contributed by atoms with Crippen molar-refractivity contribution in [3.05, 3.63) is 30.4 Å². The summed E-state index contributed by atoms with van der Waals surface area (Å²) >= 11 is 0. The summed E-state index contributed by atoms with van der Waals surface area (Å²) in [6.45, 7) is 3.06. The van der Waals surface area contributed by atoms with Crippen molar-refractivity contribution in [1.82, 2.24) is 24.6 Å². The Bertz CT molecular complexity index is 624. The third-order valence-electron chi connectivity index (χ3n) is 5.29. The van der Waals surface area contributed by atoms with Crippen molar-refractivity contribution in [2.24, 2.45) is 0 Å². The van der Waals surface area contributed by atoms with E-state index in [0.29, 0.717) is 18.2 Å². The second kappa shape index (κ2) is 6.55. The summed E-state index contributed by atoms with van der Waals surface area (Å²) in [5.74, 6) is 0.773. The molecule has 1 aliphatic heterocycles. The lowest BCUT2D eigenvalue weighted by Crippen LogP contribution is -2.46. The molecule has 1 aliphatic carbocycles. The van der Waals surface area contributed by atoms with Gasteiger partial charge < -0.3 is 10.1 Å². The summed E-state index contributed by atoms with van der Waals surface area (Å²) in [4.78, 5) is 11.5. The van der Waals surface area contributed by atoms with Gasteiger partial charge in [0.25, 0.3) is 0 Å². The van der Waals surface area contributed by atoms with Crippen LogP contribution < -0.4 is 5.32 Å². The van der Waals surface area contributed by atoms with Crippen LogP contribution in [-0.4, -0.2) is 57.7 Å². The molecule has 4 rings (SSSR count). The van der Waals surface area contributed by atoms with Crippen LogP contribution in [0.3, 0.4) is 0 Å².